The average molecular weight is 267 g/mol. The first-order valence-electron chi connectivity index (χ1n) is 6.27. The van der Waals surface area contributed by atoms with E-state index in [9.17, 15) is 4.79 Å². The van der Waals surface area contributed by atoms with Crippen LogP contribution in [0.1, 0.15) is 5.56 Å². The summed E-state index contributed by atoms with van der Waals surface area (Å²) in [5, 5.41) is 0. The van der Waals surface area contributed by atoms with Crippen LogP contribution in [0.5, 0.6) is 0 Å². The average Bonchev–Trinajstić information content (AvgIpc) is 2.38. The van der Waals surface area contributed by atoms with Crippen LogP contribution >= 0.6 is 0 Å². The zero-order valence-corrected chi connectivity index (χ0v) is 12.5. The zero-order chi connectivity index (χ0) is 13.9. The molecule has 0 aliphatic heterocycles. The molecule has 0 N–H and O–H groups in total. The van der Waals surface area contributed by atoms with Crippen molar-refractivity contribution < 1.29 is 0 Å². The molecule has 1 aromatic carbocycles. The third-order valence-corrected chi connectivity index (χ3v) is 3.40. The van der Waals surface area contributed by atoms with Gasteiger partial charge in [-0.25, -0.2) is 0 Å². The summed E-state index contributed by atoms with van der Waals surface area (Å²) >= 11 is 0. The number of rotatable bonds is 1. The van der Waals surface area contributed by atoms with Gasteiger partial charge >= 0.3 is 0 Å². The Morgan fingerprint density at radius 3 is 2.32 bits per heavy atom. The second kappa shape index (κ2) is 5.29. The second-order valence-electron chi connectivity index (χ2n) is 5.46. The molecule has 1 heterocycles. The lowest BCUT2D eigenvalue weighted by Crippen LogP contribution is -2.18. The zero-order valence-electron chi connectivity index (χ0n) is 11.5. The Morgan fingerprint density at radius 2 is 1.68 bits per heavy atom. The first-order chi connectivity index (χ1) is 8.96. The molecule has 3 heteroatoms. The summed E-state index contributed by atoms with van der Waals surface area (Å²) in [6, 6.07) is 13.0. The molecule has 96 valence electrons. The lowest BCUT2D eigenvalue weighted by atomic mass is 10.2. The number of benzene rings is 1. The summed E-state index contributed by atoms with van der Waals surface area (Å²) in [5.74, 6) is 3.17. The van der Waals surface area contributed by atoms with Gasteiger partial charge < -0.3 is 0 Å². The third-order valence-electron chi connectivity index (χ3n) is 2.53. The predicted octanol–water partition coefficient (Wildman–Crippen LogP) is 3.07. The molecule has 0 spiro atoms. The minimum Gasteiger partial charge on any atom is -0.283 e. The molecular formula is C16H17NOSi. The number of aromatic nitrogens is 1. The van der Waals surface area contributed by atoms with Gasteiger partial charge in [0.1, 0.15) is 8.07 Å². The maximum Gasteiger partial charge on any atom is 0.255 e. The van der Waals surface area contributed by atoms with Crippen LogP contribution in [0.4, 0.5) is 0 Å². The van der Waals surface area contributed by atoms with E-state index in [4.69, 9.17) is 0 Å². The van der Waals surface area contributed by atoms with E-state index in [1.165, 1.54) is 0 Å². The van der Waals surface area contributed by atoms with Crippen molar-refractivity contribution in [3.8, 4) is 17.2 Å². The molecule has 1 aromatic heterocycles. The Labute approximate surface area is 114 Å². The molecule has 0 aliphatic rings. The van der Waals surface area contributed by atoms with Crippen molar-refractivity contribution in [3.05, 3.63) is 64.6 Å². The molecule has 0 saturated heterocycles. The Hall–Kier alpha value is -2.05. The molecule has 0 saturated carbocycles. The molecule has 0 atom stereocenters. The van der Waals surface area contributed by atoms with E-state index in [0.29, 0.717) is 0 Å². The highest BCUT2D eigenvalue weighted by Crippen LogP contribution is 2.05. The maximum atomic E-state index is 11.9. The molecule has 19 heavy (non-hydrogen) atoms. The van der Waals surface area contributed by atoms with E-state index in [2.05, 4.69) is 31.1 Å². The van der Waals surface area contributed by atoms with Gasteiger partial charge in [0.05, 0.1) is 0 Å². The highest BCUT2D eigenvalue weighted by Gasteiger charge is 2.07. The molecule has 2 rings (SSSR count). The summed E-state index contributed by atoms with van der Waals surface area (Å²) in [6.45, 7) is 6.60. The second-order valence-corrected chi connectivity index (χ2v) is 10.2. The van der Waals surface area contributed by atoms with Crippen molar-refractivity contribution in [2.24, 2.45) is 0 Å². The summed E-state index contributed by atoms with van der Waals surface area (Å²) in [7, 11) is -1.40. The van der Waals surface area contributed by atoms with Crippen LogP contribution in [0.25, 0.3) is 5.69 Å². The van der Waals surface area contributed by atoms with Crippen LogP contribution in [0.3, 0.4) is 0 Å². The van der Waals surface area contributed by atoms with E-state index >= 15 is 0 Å². The molecule has 0 bridgehead atoms. The third kappa shape index (κ3) is 3.70. The van der Waals surface area contributed by atoms with Crippen molar-refractivity contribution in [1.29, 1.82) is 0 Å². The summed E-state index contributed by atoms with van der Waals surface area (Å²) in [4.78, 5) is 11.9. The molecule has 0 amide bonds. The summed E-state index contributed by atoms with van der Waals surface area (Å²) in [6.07, 6.45) is 1.81. The number of nitrogens with zero attached hydrogens (tertiary/aromatic N) is 1. The van der Waals surface area contributed by atoms with Gasteiger partial charge in [0.25, 0.3) is 5.56 Å². The SMILES string of the molecule is C[Si](C)(C)C#Cc1ccc(=O)n(-c2ccccc2)c1. The molecular weight excluding hydrogens is 250 g/mol. The van der Waals surface area contributed by atoms with Gasteiger partial charge in [0.15, 0.2) is 0 Å². The monoisotopic (exact) mass is 267 g/mol. The lowest BCUT2D eigenvalue weighted by Gasteiger charge is -2.06. The quantitative estimate of drug-likeness (QED) is 0.575. The highest BCUT2D eigenvalue weighted by atomic mass is 28.3. The van der Waals surface area contributed by atoms with Gasteiger partial charge in [0.2, 0.25) is 0 Å². The normalized spacial score (nSPS) is 10.7. The standard InChI is InChI=1S/C16H17NOSi/c1-19(2,3)12-11-14-9-10-16(18)17(13-14)15-7-5-4-6-8-15/h4-10,13H,1-3H3. The Morgan fingerprint density at radius 1 is 1.00 bits per heavy atom. The first-order valence-corrected chi connectivity index (χ1v) is 9.77. The van der Waals surface area contributed by atoms with Gasteiger partial charge in [-0.1, -0.05) is 43.8 Å². The molecule has 2 nitrogen and oxygen atoms in total. The van der Waals surface area contributed by atoms with Crippen LogP contribution in [0, 0.1) is 11.5 Å². The number of hydrogen-bond donors (Lipinski definition) is 0. The van der Waals surface area contributed by atoms with Crippen LogP contribution in [-0.2, 0) is 0 Å². The largest absolute Gasteiger partial charge is 0.283 e. The smallest absolute Gasteiger partial charge is 0.255 e. The fraction of sp³-hybridized carbons (Fsp3) is 0.188. The lowest BCUT2D eigenvalue weighted by molar-refractivity contribution is 0.986. The van der Waals surface area contributed by atoms with Crippen molar-refractivity contribution in [3.63, 3.8) is 0 Å². The minimum atomic E-state index is -1.40. The minimum absolute atomic E-state index is 0.0373. The van der Waals surface area contributed by atoms with Gasteiger partial charge in [-0.2, -0.15) is 0 Å². The maximum absolute atomic E-state index is 11.9. The Bertz CT molecular complexity index is 684. The molecule has 0 aliphatic carbocycles. The number of hydrogen-bond acceptors (Lipinski definition) is 1. The van der Waals surface area contributed by atoms with Crippen molar-refractivity contribution in [1.82, 2.24) is 4.57 Å². The van der Waals surface area contributed by atoms with Gasteiger partial charge in [0, 0.05) is 23.5 Å². The van der Waals surface area contributed by atoms with E-state index < -0.39 is 8.07 Å². The van der Waals surface area contributed by atoms with Crippen LogP contribution in [0.15, 0.2) is 53.5 Å². The Balaban J connectivity index is 2.46. The highest BCUT2D eigenvalue weighted by molar-refractivity contribution is 6.83. The van der Waals surface area contributed by atoms with Crippen LogP contribution in [-0.4, -0.2) is 12.6 Å². The van der Waals surface area contributed by atoms with E-state index in [0.717, 1.165) is 11.3 Å². The van der Waals surface area contributed by atoms with Crippen molar-refractivity contribution in [2.75, 3.05) is 0 Å². The van der Waals surface area contributed by atoms with E-state index in [1.54, 1.807) is 16.7 Å². The molecule has 0 radical (unpaired) electrons. The number of pyridine rings is 1. The van der Waals surface area contributed by atoms with Crippen molar-refractivity contribution >= 4 is 8.07 Å². The van der Waals surface area contributed by atoms with Crippen LogP contribution in [0.2, 0.25) is 19.6 Å². The first kappa shape index (κ1) is 13.4. The van der Waals surface area contributed by atoms with Crippen molar-refractivity contribution in [2.45, 2.75) is 19.6 Å². The Kier molecular flexibility index (Phi) is 3.73. The summed E-state index contributed by atoms with van der Waals surface area (Å²) < 4.78 is 1.63. The fourth-order valence-corrected chi connectivity index (χ4v) is 2.13. The molecule has 0 fully saturated rings. The van der Waals surface area contributed by atoms with Gasteiger partial charge in [-0.3, -0.25) is 9.36 Å². The van der Waals surface area contributed by atoms with Crippen LogP contribution < -0.4 is 5.56 Å². The predicted molar refractivity (Wildman–Crippen MR) is 82.3 cm³/mol. The molecule has 0 unspecified atom stereocenters. The van der Waals surface area contributed by atoms with Gasteiger partial charge in [-0.15, -0.1) is 5.54 Å². The fourth-order valence-electron chi connectivity index (χ4n) is 1.61. The number of para-hydroxylation sites is 1. The van der Waals surface area contributed by atoms with E-state index in [-0.39, 0.29) is 5.56 Å². The van der Waals surface area contributed by atoms with E-state index in [1.807, 2.05) is 36.5 Å². The van der Waals surface area contributed by atoms with Gasteiger partial charge in [-0.05, 0) is 18.2 Å². The summed E-state index contributed by atoms with van der Waals surface area (Å²) in [5.41, 5.74) is 5.02. The topological polar surface area (TPSA) is 22.0 Å². The molecule has 2 aromatic rings.